The Labute approximate surface area is 213 Å². The second-order valence-corrected chi connectivity index (χ2v) is 9.35. The summed E-state index contributed by atoms with van der Waals surface area (Å²) >= 11 is 1.83. The number of hydrogen-bond donors (Lipinski definition) is 1. The maximum absolute atomic E-state index is 5.26. The minimum Gasteiger partial charge on any atom is -0.497 e. The molecular formula is C24H36IN5OS. The number of likely N-dealkylation sites (tertiary alicyclic amines) is 1. The molecule has 3 heterocycles. The Morgan fingerprint density at radius 3 is 2.38 bits per heavy atom. The number of rotatable bonds is 6. The smallest absolute Gasteiger partial charge is 0.193 e. The molecule has 0 unspecified atom stereocenters. The van der Waals surface area contributed by atoms with Crippen LogP contribution in [0.1, 0.15) is 18.4 Å². The summed E-state index contributed by atoms with van der Waals surface area (Å²) in [5.41, 5.74) is 1.36. The van der Waals surface area contributed by atoms with Crippen molar-refractivity contribution in [1.29, 1.82) is 0 Å². The maximum Gasteiger partial charge on any atom is 0.193 e. The van der Waals surface area contributed by atoms with Crippen molar-refractivity contribution in [3.63, 3.8) is 0 Å². The minimum atomic E-state index is 0. The van der Waals surface area contributed by atoms with Crippen LogP contribution in [0.4, 0.5) is 5.00 Å². The molecule has 0 amide bonds. The predicted octanol–water partition coefficient (Wildman–Crippen LogP) is 3.98. The number of nitrogens with one attached hydrogen (secondary N) is 1. The number of methoxy groups -OCH3 is 1. The quantitative estimate of drug-likeness (QED) is 0.324. The Balaban J connectivity index is 0.00000289. The fourth-order valence-electron chi connectivity index (χ4n) is 4.49. The molecule has 1 N–H and O–H groups in total. The van der Waals surface area contributed by atoms with E-state index in [9.17, 15) is 0 Å². The van der Waals surface area contributed by atoms with Crippen LogP contribution >= 0.6 is 35.3 Å². The molecule has 0 saturated carbocycles. The third kappa shape index (κ3) is 6.74. The van der Waals surface area contributed by atoms with E-state index >= 15 is 0 Å². The lowest BCUT2D eigenvalue weighted by molar-refractivity contribution is 0.177. The second kappa shape index (κ2) is 12.6. The van der Waals surface area contributed by atoms with Gasteiger partial charge in [-0.05, 0) is 67.1 Å². The van der Waals surface area contributed by atoms with Crippen LogP contribution in [-0.2, 0) is 6.54 Å². The number of ether oxygens (including phenoxy) is 1. The molecule has 1 aromatic heterocycles. The zero-order valence-electron chi connectivity index (χ0n) is 19.2. The van der Waals surface area contributed by atoms with Crippen molar-refractivity contribution in [2.24, 2.45) is 10.9 Å². The Kier molecular flexibility index (Phi) is 9.92. The average molecular weight is 570 g/mol. The SMILES string of the molecule is CN=C(NCC1CCN(Cc2ccc(OC)cc2)CC1)N1CCN(c2cccs2)CC1.I. The molecule has 0 atom stereocenters. The highest BCUT2D eigenvalue weighted by Crippen LogP contribution is 2.23. The Morgan fingerprint density at radius 1 is 1.06 bits per heavy atom. The van der Waals surface area contributed by atoms with Gasteiger partial charge >= 0.3 is 0 Å². The van der Waals surface area contributed by atoms with Crippen LogP contribution in [0.3, 0.4) is 0 Å². The summed E-state index contributed by atoms with van der Waals surface area (Å²) < 4.78 is 5.26. The molecule has 2 aliphatic heterocycles. The molecule has 6 nitrogen and oxygen atoms in total. The third-order valence-electron chi connectivity index (χ3n) is 6.43. The number of guanidine groups is 1. The molecule has 4 rings (SSSR count). The first kappa shape index (κ1) is 25.1. The van der Waals surface area contributed by atoms with Gasteiger partial charge in [0.15, 0.2) is 5.96 Å². The number of benzene rings is 1. The van der Waals surface area contributed by atoms with Gasteiger partial charge in [-0.3, -0.25) is 9.89 Å². The van der Waals surface area contributed by atoms with Crippen LogP contribution in [0.2, 0.25) is 0 Å². The van der Waals surface area contributed by atoms with Gasteiger partial charge in [0, 0.05) is 46.3 Å². The van der Waals surface area contributed by atoms with Crippen LogP contribution in [0, 0.1) is 5.92 Å². The first-order chi connectivity index (χ1) is 15.2. The van der Waals surface area contributed by atoms with Gasteiger partial charge in [-0.1, -0.05) is 12.1 Å². The van der Waals surface area contributed by atoms with Crippen molar-refractivity contribution in [1.82, 2.24) is 15.1 Å². The average Bonchev–Trinajstić information content (AvgIpc) is 3.36. The van der Waals surface area contributed by atoms with E-state index in [1.165, 1.54) is 23.4 Å². The molecule has 0 radical (unpaired) electrons. The largest absolute Gasteiger partial charge is 0.497 e. The lowest BCUT2D eigenvalue weighted by Gasteiger charge is -2.38. The fraction of sp³-hybridized carbons (Fsp3) is 0.542. The molecule has 0 bridgehead atoms. The molecule has 0 spiro atoms. The van der Waals surface area contributed by atoms with Gasteiger partial charge < -0.3 is 19.9 Å². The summed E-state index contributed by atoms with van der Waals surface area (Å²) in [6, 6.07) is 12.8. The van der Waals surface area contributed by atoms with E-state index in [0.29, 0.717) is 0 Å². The number of piperazine rings is 1. The topological polar surface area (TPSA) is 43.3 Å². The summed E-state index contributed by atoms with van der Waals surface area (Å²) in [5, 5.41) is 7.20. The van der Waals surface area contributed by atoms with Gasteiger partial charge in [-0.25, -0.2) is 0 Å². The van der Waals surface area contributed by atoms with Crippen LogP contribution in [-0.4, -0.2) is 75.7 Å². The van der Waals surface area contributed by atoms with Crippen molar-refractivity contribution < 1.29 is 4.74 Å². The van der Waals surface area contributed by atoms with E-state index in [1.807, 2.05) is 18.4 Å². The molecule has 2 saturated heterocycles. The standard InChI is InChI=1S/C24H35N5OS.HI/c1-25-24(29-15-13-28(14-16-29)23-4-3-17-31-23)26-18-20-9-11-27(12-10-20)19-21-5-7-22(30-2)8-6-21;/h3-8,17,20H,9-16,18-19H2,1-2H3,(H,25,26);1H. The number of halogens is 1. The molecule has 176 valence electrons. The molecule has 32 heavy (non-hydrogen) atoms. The molecule has 2 aliphatic rings. The van der Waals surface area contributed by atoms with Crippen molar-refractivity contribution in [3.8, 4) is 5.75 Å². The van der Waals surface area contributed by atoms with Gasteiger partial charge in [-0.2, -0.15) is 0 Å². The number of thiophene rings is 1. The van der Waals surface area contributed by atoms with Crippen LogP contribution in [0.15, 0.2) is 46.8 Å². The summed E-state index contributed by atoms with van der Waals surface area (Å²) in [6.45, 7) is 8.55. The lowest BCUT2D eigenvalue weighted by Crippen LogP contribution is -2.53. The third-order valence-corrected chi connectivity index (χ3v) is 7.36. The van der Waals surface area contributed by atoms with Gasteiger partial charge in [0.05, 0.1) is 12.1 Å². The zero-order chi connectivity index (χ0) is 21.5. The van der Waals surface area contributed by atoms with Crippen LogP contribution < -0.4 is 15.0 Å². The van der Waals surface area contributed by atoms with Crippen molar-refractivity contribution in [2.45, 2.75) is 19.4 Å². The Bertz CT molecular complexity index is 813. The van der Waals surface area contributed by atoms with E-state index in [0.717, 1.165) is 70.0 Å². The van der Waals surface area contributed by atoms with E-state index in [4.69, 9.17) is 4.74 Å². The van der Waals surface area contributed by atoms with Gasteiger partial charge in [0.2, 0.25) is 0 Å². The van der Waals surface area contributed by atoms with Gasteiger partial charge in [-0.15, -0.1) is 35.3 Å². The van der Waals surface area contributed by atoms with Crippen LogP contribution in [0.25, 0.3) is 0 Å². The maximum atomic E-state index is 5.26. The molecule has 2 fully saturated rings. The van der Waals surface area contributed by atoms with Crippen molar-refractivity contribution in [2.75, 3.05) is 64.9 Å². The summed E-state index contributed by atoms with van der Waals surface area (Å²) in [6.07, 6.45) is 2.48. The number of piperidine rings is 1. The molecule has 8 heteroatoms. The predicted molar refractivity (Wildman–Crippen MR) is 146 cm³/mol. The highest BCUT2D eigenvalue weighted by atomic mass is 127. The summed E-state index contributed by atoms with van der Waals surface area (Å²) in [4.78, 5) is 12.0. The Hall–Kier alpha value is -1.52. The second-order valence-electron chi connectivity index (χ2n) is 8.42. The number of aliphatic imine (C=N–C) groups is 1. The van der Waals surface area contributed by atoms with E-state index in [-0.39, 0.29) is 24.0 Å². The summed E-state index contributed by atoms with van der Waals surface area (Å²) in [5.74, 6) is 2.71. The molecule has 0 aliphatic carbocycles. The molecule has 2 aromatic rings. The highest BCUT2D eigenvalue weighted by molar-refractivity contribution is 14.0. The van der Waals surface area contributed by atoms with E-state index < -0.39 is 0 Å². The lowest BCUT2D eigenvalue weighted by atomic mass is 9.96. The van der Waals surface area contributed by atoms with Crippen LogP contribution in [0.5, 0.6) is 5.75 Å². The first-order valence-corrected chi connectivity index (χ1v) is 12.2. The van der Waals surface area contributed by atoms with Crippen molar-refractivity contribution >= 4 is 46.3 Å². The minimum absolute atomic E-state index is 0. The number of nitrogens with zero attached hydrogens (tertiary/aromatic N) is 4. The zero-order valence-corrected chi connectivity index (χ0v) is 22.4. The highest BCUT2D eigenvalue weighted by Gasteiger charge is 2.23. The Morgan fingerprint density at radius 2 is 1.78 bits per heavy atom. The van der Waals surface area contributed by atoms with Gasteiger partial charge in [0.1, 0.15) is 5.75 Å². The van der Waals surface area contributed by atoms with E-state index in [1.54, 1.807) is 7.11 Å². The first-order valence-electron chi connectivity index (χ1n) is 11.3. The normalized spacial score (nSPS) is 18.4. The fourth-order valence-corrected chi connectivity index (χ4v) is 5.28. The molecule has 1 aromatic carbocycles. The molecular weight excluding hydrogens is 533 g/mol. The van der Waals surface area contributed by atoms with Crippen molar-refractivity contribution in [3.05, 3.63) is 47.3 Å². The van der Waals surface area contributed by atoms with E-state index in [2.05, 4.69) is 66.8 Å². The van der Waals surface area contributed by atoms with Gasteiger partial charge in [0.25, 0.3) is 0 Å². The summed E-state index contributed by atoms with van der Waals surface area (Å²) in [7, 11) is 3.62. The number of hydrogen-bond acceptors (Lipinski definition) is 5. The number of anilines is 1. The monoisotopic (exact) mass is 569 g/mol.